The van der Waals surface area contributed by atoms with Crippen LogP contribution in [0.2, 0.25) is 0 Å². The molecule has 1 atom stereocenters. The Balaban J connectivity index is 0.00000151. The lowest BCUT2D eigenvalue weighted by atomic mass is 10.1. The Morgan fingerprint density at radius 3 is 2.72 bits per heavy atom. The minimum Gasteiger partial charge on any atom is -0.496 e. The summed E-state index contributed by atoms with van der Waals surface area (Å²) in [5, 5.41) is 3.06. The highest BCUT2D eigenvalue weighted by Gasteiger charge is 2.24. The zero-order valence-corrected chi connectivity index (χ0v) is 17.0. The van der Waals surface area contributed by atoms with Gasteiger partial charge < -0.3 is 15.8 Å². The van der Waals surface area contributed by atoms with Crippen molar-refractivity contribution in [3.63, 3.8) is 0 Å². The van der Waals surface area contributed by atoms with Crippen LogP contribution < -0.4 is 15.8 Å². The summed E-state index contributed by atoms with van der Waals surface area (Å²) in [7, 11) is 1.56. The van der Waals surface area contributed by atoms with E-state index in [1.807, 2.05) is 19.9 Å². The van der Waals surface area contributed by atoms with Gasteiger partial charge in [0.25, 0.3) is 5.91 Å². The Bertz CT molecular complexity index is 552. The van der Waals surface area contributed by atoms with Crippen LogP contribution in [0.4, 0.5) is 5.69 Å². The van der Waals surface area contributed by atoms with Crippen molar-refractivity contribution in [2.24, 2.45) is 0 Å². The van der Waals surface area contributed by atoms with Crippen molar-refractivity contribution in [3.8, 4) is 5.75 Å². The normalized spacial score (nSPS) is 16.9. The van der Waals surface area contributed by atoms with Gasteiger partial charge in [-0.3, -0.25) is 9.69 Å². The van der Waals surface area contributed by atoms with E-state index in [1.165, 1.54) is 6.42 Å². The molecule has 3 N–H and O–H groups in total. The van der Waals surface area contributed by atoms with Gasteiger partial charge in [0.2, 0.25) is 0 Å². The molecule has 1 fully saturated rings. The maximum Gasteiger partial charge on any atom is 0.255 e. The smallest absolute Gasteiger partial charge is 0.255 e. The largest absolute Gasteiger partial charge is 0.496 e. The third kappa shape index (κ3) is 5.82. The molecule has 6 heteroatoms. The van der Waals surface area contributed by atoms with Gasteiger partial charge in [0.1, 0.15) is 5.75 Å². The molecule has 2 rings (SSSR count). The Morgan fingerprint density at radius 2 is 2.12 bits per heavy atom. The number of benzene rings is 1. The molecule has 5 nitrogen and oxygen atoms in total. The number of ether oxygens (including phenoxy) is 1. The average molecular weight is 368 g/mol. The predicted octanol–water partition coefficient (Wildman–Crippen LogP) is 3.63. The molecule has 1 aliphatic heterocycles. The van der Waals surface area contributed by atoms with Crippen molar-refractivity contribution in [2.75, 3.05) is 38.2 Å². The molecule has 0 spiro atoms. The summed E-state index contributed by atoms with van der Waals surface area (Å²) in [5.41, 5.74) is 7.23. The predicted molar refractivity (Wildman–Crippen MR) is 108 cm³/mol. The number of anilines is 1. The van der Waals surface area contributed by atoms with Crippen LogP contribution in [0.1, 0.15) is 50.9 Å². The van der Waals surface area contributed by atoms with Crippen LogP contribution in [-0.2, 0) is 0 Å². The van der Waals surface area contributed by atoms with Crippen LogP contribution in [0.3, 0.4) is 0 Å². The first kappa shape index (κ1) is 21.6. The second-order valence-corrected chi connectivity index (χ2v) is 6.96. The molecule has 1 heterocycles. The van der Waals surface area contributed by atoms with Crippen LogP contribution in [0.25, 0.3) is 0 Å². The van der Waals surface area contributed by atoms with Crippen LogP contribution in [0.15, 0.2) is 17.0 Å². The van der Waals surface area contributed by atoms with E-state index < -0.39 is 0 Å². The van der Waals surface area contributed by atoms with E-state index in [-0.39, 0.29) is 5.91 Å². The SMILES string of the molecule is CC.CCSc1cc(C(=O)NCC2CCCN2CC)c(OC)cc1N. The molecule has 1 aromatic rings. The lowest BCUT2D eigenvalue weighted by Crippen LogP contribution is -2.40. The van der Waals surface area contributed by atoms with Gasteiger partial charge in [0.15, 0.2) is 0 Å². The third-order valence-corrected chi connectivity index (χ3v) is 5.23. The number of likely N-dealkylation sites (tertiary alicyclic amines) is 1. The number of carbonyl (C=O) groups excluding carboxylic acids is 1. The van der Waals surface area contributed by atoms with E-state index in [0.717, 1.165) is 30.2 Å². The van der Waals surface area contributed by atoms with Gasteiger partial charge in [-0.05, 0) is 37.8 Å². The molecule has 0 bridgehead atoms. The zero-order chi connectivity index (χ0) is 18.8. The Morgan fingerprint density at radius 1 is 1.40 bits per heavy atom. The summed E-state index contributed by atoms with van der Waals surface area (Å²) in [6, 6.07) is 4.01. The highest BCUT2D eigenvalue weighted by atomic mass is 32.2. The quantitative estimate of drug-likeness (QED) is 0.569. The fourth-order valence-corrected chi connectivity index (χ4v) is 3.79. The fourth-order valence-electron chi connectivity index (χ4n) is 3.05. The monoisotopic (exact) mass is 367 g/mol. The highest BCUT2D eigenvalue weighted by molar-refractivity contribution is 7.99. The van der Waals surface area contributed by atoms with Crippen LogP contribution in [-0.4, -0.2) is 49.3 Å². The fraction of sp³-hybridized carbons (Fsp3) is 0.632. The Kier molecular flexibility index (Phi) is 9.75. The van der Waals surface area contributed by atoms with Gasteiger partial charge in [-0.15, -0.1) is 11.8 Å². The number of nitrogens with two attached hydrogens (primary N) is 1. The van der Waals surface area contributed by atoms with E-state index in [4.69, 9.17) is 10.5 Å². The van der Waals surface area contributed by atoms with E-state index in [1.54, 1.807) is 24.9 Å². The van der Waals surface area contributed by atoms with Crippen LogP contribution in [0.5, 0.6) is 5.75 Å². The number of rotatable bonds is 7. The molecule has 142 valence electrons. The van der Waals surface area contributed by atoms with Gasteiger partial charge in [-0.2, -0.15) is 0 Å². The van der Waals surface area contributed by atoms with E-state index >= 15 is 0 Å². The molecule has 1 amide bonds. The molecule has 1 unspecified atom stereocenters. The van der Waals surface area contributed by atoms with Crippen molar-refractivity contribution >= 4 is 23.4 Å². The van der Waals surface area contributed by atoms with Gasteiger partial charge in [-0.1, -0.05) is 27.7 Å². The van der Waals surface area contributed by atoms with Crippen LogP contribution >= 0.6 is 11.8 Å². The van der Waals surface area contributed by atoms with E-state index in [2.05, 4.69) is 24.1 Å². The number of hydrogen-bond donors (Lipinski definition) is 2. The van der Waals surface area contributed by atoms with Crippen molar-refractivity contribution in [1.29, 1.82) is 0 Å². The summed E-state index contributed by atoms with van der Waals surface area (Å²) in [6.45, 7) is 11.1. The maximum absolute atomic E-state index is 12.6. The zero-order valence-electron chi connectivity index (χ0n) is 16.2. The van der Waals surface area contributed by atoms with Gasteiger partial charge in [0, 0.05) is 29.2 Å². The number of carbonyl (C=O) groups is 1. The van der Waals surface area contributed by atoms with E-state index in [9.17, 15) is 4.79 Å². The number of methoxy groups -OCH3 is 1. The summed E-state index contributed by atoms with van der Waals surface area (Å²) in [5.74, 6) is 1.34. The van der Waals surface area contributed by atoms with E-state index in [0.29, 0.717) is 29.6 Å². The van der Waals surface area contributed by atoms with Gasteiger partial charge in [-0.25, -0.2) is 0 Å². The molecule has 0 radical (unpaired) electrons. The lowest BCUT2D eigenvalue weighted by Gasteiger charge is -2.23. The minimum absolute atomic E-state index is 0.0947. The highest BCUT2D eigenvalue weighted by Crippen LogP contribution is 2.32. The van der Waals surface area contributed by atoms with Crippen molar-refractivity contribution in [3.05, 3.63) is 17.7 Å². The number of amides is 1. The van der Waals surface area contributed by atoms with Crippen LogP contribution in [0, 0.1) is 0 Å². The molecule has 0 saturated carbocycles. The number of nitrogens with one attached hydrogen (secondary N) is 1. The van der Waals surface area contributed by atoms with Gasteiger partial charge >= 0.3 is 0 Å². The average Bonchev–Trinajstić information content (AvgIpc) is 3.10. The second-order valence-electron chi connectivity index (χ2n) is 5.66. The number of nitrogens with zero attached hydrogens (tertiary/aromatic N) is 1. The number of thioether (sulfide) groups is 1. The molecular weight excluding hydrogens is 334 g/mol. The first-order chi connectivity index (χ1) is 12.1. The van der Waals surface area contributed by atoms with Crippen molar-refractivity contribution < 1.29 is 9.53 Å². The number of likely N-dealkylation sites (N-methyl/N-ethyl adjacent to an activating group) is 1. The third-order valence-electron chi connectivity index (χ3n) is 4.28. The summed E-state index contributed by atoms with van der Waals surface area (Å²) < 4.78 is 5.33. The summed E-state index contributed by atoms with van der Waals surface area (Å²) in [4.78, 5) is 15.9. The minimum atomic E-state index is -0.0947. The van der Waals surface area contributed by atoms with Gasteiger partial charge in [0.05, 0.1) is 12.7 Å². The van der Waals surface area contributed by atoms with Crippen molar-refractivity contribution in [2.45, 2.75) is 51.5 Å². The number of nitrogen functional groups attached to an aromatic ring is 1. The maximum atomic E-state index is 12.6. The first-order valence-electron chi connectivity index (χ1n) is 9.23. The summed E-state index contributed by atoms with van der Waals surface area (Å²) in [6.07, 6.45) is 2.35. The Labute approximate surface area is 156 Å². The molecule has 1 aliphatic rings. The molecular formula is C19H33N3O2S. The molecule has 1 aromatic carbocycles. The van der Waals surface area contributed by atoms with Crippen molar-refractivity contribution in [1.82, 2.24) is 10.2 Å². The molecule has 1 saturated heterocycles. The summed E-state index contributed by atoms with van der Waals surface area (Å²) >= 11 is 1.63. The topological polar surface area (TPSA) is 67.6 Å². The number of hydrogen-bond acceptors (Lipinski definition) is 5. The molecule has 0 aliphatic carbocycles. The molecule has 25 heavy (non-hydrogen) atoms. The Hall–Kier alpha value is -1.40. The lowest BCUT2D eigenvalue weighted by molar-refractivity contribution is 0.0938. The first-order valence-corrected chi connectivity index (χ1v) is 10.2. The second kappa shape index (κ2) is 11.3. The molecule has 0 aromatic heterocycles. The standard InChI is InChI=1S/C17H27N3O2S.C2H6/c1-4-20-8-6-7-12(20)11-19-17(21)13-9-16(23-5-2)14(18)10-15(13)22-3;1-2/h9-10,12H,4-8,11,18H2,1-3H3,(H,19,21);1-2H3.